The Bertz CT molecular complexity index is 746. The standard InChI is InChI=1S/C17H15F4NO3/c1-10(23)13-7-12(8-14(15(13)18)17(19,20)21)22-16(24)25-9-11-5-3-2-4-6-11/h2-8,10,23H,9H2,1H3,(H,22,24). The molecule has 2 rings (SSSR count). The molecule has 2 N–H and O–H groups in total. The first kappa shape index (κ1) is 18.7. The van der Waals surface area contributed by atoms with Crippen LogP contribution < -0.4 is 5.32 Å². The second-order valence-corrected chi connectivity index (χ2v) is 5.29. The van der Waals surface area contributed by atoms with Gasteiger partial charge in [-0.3, -0.25) is 5.32 Å². The highest BCUT2D eigenvalue weighted by molar-refractivity contribution is 5.85. The van der Waals surface area contributed by atoms with Crippen LogP contribution in [0.5, 0.6) is 0 Å². The second-order valence-electron chi connectivity index (χ2n) is 5.29. The van der Waals surface area contributed by atoms with Gasteiger partial charge in [0.25, 0.3) is 0 Å². The summed E-state index contributed by atoms with van der Waals surface area (Å²) in [6, 6.07) is 10.0. The Hall–Kier alpha value is -2.61. The van der Waals surface area contributed by atoms with Gasteiger partial charge in [0.2, 0.25) is 0 Å². The van der Waals surface area contributed by atoms with E-state index < -0.39 is 35.3 Å². The first-order valence-corrected chi connectivity index (χ1v) is 7.25. The van der Waals surface area contributed by atoms with Gasteiger partial charge in [-0.2, -0.15) is 13.2 Å². The van der Waals surface area contributed by atoms with Crippen molar-refractivity contribution < 1.29 is 32.2 Å². The molecule has 0 saturated heterocycles. The summed E-state index contributed by atoms with van der Waals surface area (Å²) in [7, 11) is 0. The van der Waals surface area contributed by atoms with Crippen LogP contribution in [0.15, 0.2) is 42.5 Å². The quantitative estimate of drug-likeness (QED) is 0.784. The molecule has 0 fully saturated rings. The number of ether oxygens (including phenoxy) is 1. The number of anilines is 1. The highest BCUT2D eigenvalue weighted by Gasteiger charge is 2.36. The van der Waals surface area contributed by atoms with Gasteiger partial charge in [-0.15, -0.1) is 0 Å². The lowest BCUT2D eigenvalue weighted by atomic mass is 10.0. The lowest BCUT2D eigenvalue weighted by Crippen LogP contribution is -2.17. The molecule has 0 aromatic heterocycles. The minimum Gasteiger partial charge on any atom is -0.444 e. The van der Waals surface area contributed by atoms with Crippen LogP contribution in [0.4, 0.5) is 28.0 Å². The zero-order valence-electron chi connectivity index (χ0n) is 13.1. The van der Waals surface area contributed by atoms with Crippen LogP contribution in [0.3, 0.4) is 0 Å². The van der Waals surface area contributed by atoms with Crippen LogP contribution in [-0.4, -0.2) is 11.2 Å². The molecule has 2 aromatic carbocycles. The molecule has 0 bridgehead atoms. The molecule has 25 heavy (non-hydrogen) atoms. The maximum Gasteiger partial charge on any atom is 0.419 e. The number of carbonyl (C=O) groups excluding carboxylic acids is 1. The van der Waals surface area contributed by atoms with E-state index >= 15 is 0 Å². The summed E-state index contributed by atoms with van der Waals surface area (Å²) in [6.07, 6.45) is -7.46. The summed E-state index contributed by atoms with van der Waals surface area (Å²) in [5.41, 5.74) is -1.79. The molecule has 0 spiro atoms. The summed E-state index contributed by atoms with van der Waals surface area (Å²) < 4.78 is 57.5. The van der Waals surface area contributed by atoms with Gasteiger partial charge >= 0.3 is 12.3 Å². The molecule has 0 aliphatic carbocycles. The normalized spacial score (nSPS) is 12.6. The lowest BCUT2D eigenvalue weighted by molar-refractivity contribution is -0.140. The number of benzene rings is 2. The van der Waals surface area contributed by atoms with Crippen LogP contribution in [0.1, 0.15) is 29.7 Å². The predicted octanol–water partition coefficient (Wildman–Crippen LogP) is 4.65. The van der Waals surface area contributed by atoms with Gasteiger partial charge in [0.15, 0.2) is 0 Å². The van der Waals surface area contributed by atoms with Crippen molar-refractivity contribution in [2.75, 3.05) is 5.32 Å². The van der Waals surface area contributed by atoms with Gasteiger partial charge in [0.1, 0.15) is 12.4 Å². The second kappa shape index (κ2) is 7.52. The van der Waals surface area contributed by atoms with Crippen molar-refractivity contribution in [2.24, 2.45) is 0 Å². The van der Waals surface area contributed by atoms with Gasteiger partial charge in [-0.1, -0.05) is 30.3 Å². The molecular formula is C17H15F4NO3. The number of carbonyl (C=O) groups is 1. The molecule has 4 nitrogen and oxygen atoms in total. The predicted molar refractivity (Wildman–Crippen MR) is 82.3 cm³/mol. The number of aliphatic hydroxyl groups excluding tert-OH is 1. The van der Waals surface area contributed by atoms with Gasteiger partial charge in [0, 0.05) is 11.3 Å². The fraction of sp³-hybridized carbons (Fsp3) is 0.235. The number of rotatable bonds is 4. The van der Waals surface area contributed by atoms with Gasteiger partial charge < -0.3 is 9.84 Å². The molecule has 0 saturated carbocycles. The fourth-order valence-electron chi connectivity index (χ4n) is 2.11. The van der Waals surface area contributed by atoms with E-state index in [2.05, 4.69) is 5.32 Å². The maximum atomic E-state index is 13.9. The van der Waals surface area contributed by atoms with Crippen molar-refractivity contribution in [3.63, 3.8) is 0 Å². The number of halogens is 4. The Morgan fingerprint density at radius 3 is 2.44 bits per heavy atom. The van der Waals surface area contributed by atoms with E-state index in [-0.39, 0.29) is 12.3 Å². The highest BCUT2D eigenvalue weighted by atomic mass is 19.4. The molecule has 1 atom stereocenters. The van der Waals surface area contributed by atoms with E-state index in [1.54, 1.807) is 30.3 Å². The Kier molecular flexibility index (Phi) is 5.63. The van der Waals surface area contributed by atoms with Crippen molar-refractivity contribution in [1.82, 2.24) is 0 Å². The number of hydrogen-bond donors (Lipinski definition) is 2. The third-order valence-corrected chi connectivity index (χ3v) is 3.32. The van der Waals surface area contributed by atoms with Crippen LogP contribution in [-0.2, 0) is 17.5 Å². The molecule has 0 aliphatic heterocycles. The van der Waals surface area contributed by atoms with Crippen molar-refractivity contribution >= 4 is 11.8 Å². The topological polar surface area (TPSA) is 58.6 Å². The summed E-state index contributed by atoms with van der Waals surface area (Å²) in [4.78, 5) is 11.7. The summed E-state index contributed by atoms with van der Waals surface area (Å²) >= 11 is 0. The van der Waals surface area contributed by atoms with E-state index in [1.165, 1.54) is 0 Å². The van der Waals surface area contributed by atoms with Crippen LogP contribution in [0, 0.1) is 5.82 Å². The molecule has 8 heteroatoms. The van der Waals surface area contributed by atoms with Gasteiger partial charge in [-0.25, -0.2) is 9.18 Å². The first-order chi connectivity index (χ1) is 11.7. The molecule has 134 valence electrons. The van der Waals surface area contributed by atoms with Crippen LogP contribution >= 0.6 is 0 Å². The summed E-state index contributed by atoms with van der Waals surface area (Å²) in [6.45, 7) is 1.04. The largest absolute Gasteiger partial charge is 0.444 e. The first-order valence-electron chi connectivity index (χ1n) is 7.25. The van der Waals surface area contributed by atoms with E-state index in [4.69, 9.17) is 4.74 Å². The molecule has 0 aliphatic rings. The van der Waals surface area contributed by atoms with Crippen LogP contribution in [0.25, 0.3) is 0 Å². The molecule has 0 radical (unpaired) electrons. The zero-order valence-corrected chi connectivity index (χ0v) is 13.1. The maximum absolute atomic E-state index is 13.9. The number of hydrogen-bond acceptors (Lipinski definition) is 3. The van der Waals surface area contributed by atoms with Crippen LogP contribution in [0.2, 0.25) is 0 Å². The van der Waals surface area contributed by atoms with Crippen molar-refractivity contribution in [1.29, 1.82) is 0 Å². The molecule has 1 unspecified atom stereocenters. The van der Waals surface area contributed by atoms with E-state index in [1.807, 2.05) is 0 Å². The van der Waals surface area contributed by atoms with Crippen molar-refractivity contribution in [2.45, 2.75) is 25.8 Å². The minimum atomic E-state index is -4.97. The Morgan fingerprint density at radius 2 is 1.88 bits per heavy atom. The Balaban J connectivity index is 2.18. The highest BCUT2D eigenvalue weighted by Crippen LogP contribution is 2.36. The van der Waals surface area contributed by atoms with E-state index in [9.17, 15) is 27.5 Å². The minimum absolute atomic E-state index is 0.0801. The monoisotopic (exact) mass is 357 g/mol. The number of amides is 1. The SMILES string of the molecule is CC(O)c1cc(NC(=O)OCc2ccccc2)cc(C(F)(F)F)c1F. The fourth-order valence-corrected chi connectivity index (χ4v) is 2.11. The number of nitrogens with one attached hydrogen (secondary N) is 1. The number of aliphatic hydroxyl groups is 1. The van der Waals surface area contributed by atoms with E-state index in [0.717, 1.165) is 13.0 Å². The summed E-state index contributed by atoms with van der Waals surface area (Å²) in [5, 5.41) is 11.6. The molecule has 2 aromatic rings. The Morgan fingerprint density at radius 1 is 1.24 bits per heavy atom. The molecular weight excluding hydrogens is 342 g/mol. The molecule has 0 heterocycles. The van der Waals surface area contributed by atoms with Gasteiger partial charge in [-0.05, 0) is 24.6 Å². The lowest BCUT2D eigenvalue weighted by Gasteiger charge is -2.16. The average molecular weight is 357 g/mol. The smallest absolute Gasteiger partial charge is 0.419 e. The Labute approximate surface area is 141 Å². The van der Waals surface area contributed by atoms with E-state index in [0.29, 0.717) is 11.6 Å². The zero-order chi connectivity index (χ0) is 18.6. The third-order valence-electron chi connectivity index (χ3n) is 3.32. The summed E-state index contributed by atoms with van der Waals surface area (Å²) in [5.74, 6) is -1.58. The van der Waals surface area contributed by atoms with Crippen molar-refractivity contribution in [3.8, 4) is 0 Å². The molecule has 1 amide bonds. The van der Waals surface area contributed by atoms with Crippen molar-refractivity contribution in [3.05, 3.63) is 65.0 Å². The average Bonchev–Trinajstić information content (AvgIpc) is 2.54. The number of alkyl halides is 3. The third kappa shape index (κ3) is 4.93. The van der Waals surface area contributed by atoms with Gasteiger partial charge in [0.05, 0.1) is 11.7 Å².